The first-order valence-electron chi connectivity index (χ1n) is 4.75. The zero-order chi connectivity index (χ0) is 13.9. The topological polar surface area (TPSA) is 135 Å². The van der Waals surface area contributed by atoms with Crippen molar-refractivity contribution in [3.8, 4) is 0 Å². The Labute approximate surface area is 108 Å². The van der Waals surface area contributed by atoms with E-state index in [1.807, 2.05) is 0 Å². The number of halogens is 1. The molecule has 0 heterocycles. The maximum absolute atomic E-state index is 11.1. The summed E-state index contributed by atoms with van der Waals surface area (Å²) in [6.07, 6.45) is -1.00. The van der Waals surface area contributed by atoms with Crippen LogP contribution in [0.4, 0.5) is 0 Å². The number of hydrogen-bond acceptors (Lipinski definition) is 3. The first-order chi connectivity index (χ1) is 7.37. The molecule has 0 fully saturated rings. The second kappa shape index (κ2) is 6.26. The van der Waals surface area contributed by atoms with Gasteiger partial charge in [-0.1, -0.05) is 15.9 Å². The van der Waals surface area contributed by atoms with Gasteiger partial charge in [0, 0.05) is 5.33 Å². The van der Waals surface area contributed by atoms with Gasteiger partial charge in [-0.05, 0) is 19.8 Å². The second-order valence-electron chi connectivity index (χ2n) is 4.26. The van der Waals surface area contributed by atoms with Gasteiger partial charge in [0.15, 0.2) is 0 Å². The Morgan fingerprint density at radius 3 is 2.00 bits per heavy atom. The molecule has 17 heavy (non-hydrogen) atoms. The Balaban J connectivity index is 4.64. The molecule has 0 aliphatic heterocycles. The Bertz CT molecular complexity index is 333. The monoisotopic (exact) mass is 354 g/mol. The molecule has 0 aromatic rings. The summed E-state index contributed by atoms with van der Waals surface area (Å²) >= 11 is 3.04. The third-order valence-electron chi connectivity index (χ3n) is 2.23. The van der Waals surface area contributed by atoms with Crippen molar-refractivity contribution >= 4 is 31.1 Å². The third kappa shape index (κ3) is 8.46. The summed E-state index contributed by atoms with van der Waals surface area (Å²) in [6, 6.07) is 0. The van der Waals surface area contributed by atoms with E-state index in [4.69, 9.17) is 19.6 Å². The van der Waals surface area contributed by atoms with Crippen LogP contribution in [0.3, 0.4) is 0 Å². The fourth-order valence-corrected chi connectivity index (χ4v) is 4.15. The number of aliphatic hydroxyl groups is 1. The van der Waals surface area contributed by atoms with Crippen LogP contribution >= 0.6 is 31.1 Å². The zero-order valence-corrected chi connectivity index (χ0v) is 12.6. The molecular formula is C7H17BrO7P2. The molecule has 0 bridgehead atoms. The van der Waals surface area contributed by atoms with Gasteiger partial charge in [-0.15, -0.1) is 0 Å². The van der Waals surface area contributed by atoms with Gasteiger partial charge in [-0.25, -0.2) is 0 Å². The molecule has 10 heteroatoms. The molecule has 0 aromatic carbocycles. The summed E-state index contributed by atoms with van der Waals surface area (Å²) in [4.78, 5) is 35.4. The molecule has 0 aliphatic carbocycles. The van der Waals surface area contributed by atoms with E-state index in [9.17, 15) is 14.2 Å². The quantitative estimate of drug-likeness (QED) is 0.334. The molecule has 0 saturated carbocycles. The third-order valence-corrected chi connectivity index (χ3v) is 6.03. The number of alkyl halides is 1. The van der Waals surface area contributed by atoms with E-state index in [0.29, 0.717) is 0 Å². The van der Waals surface area contributed by atoms with Gasteiger partial charge in [0.2, 0.25) is 0 Å². The van der Waals surface area contributed by atoms with E-state index >= 15 is 0 Å². The molecule has 2 atom stereocenters. The van der Waals surface area contributed by atoms with Crippen molar-refractivity contribution in [1.82, 2.24) is 0 Å². The highest BCUT2D eigenvalue weighted by atomic mass is 79.9. The van der Waals surface area contributed by atoms with Gasteiger partial charge in [0.25, 0.3) is 0 Å². The van der Waals surface area contributed by atoms with Crippen molar-refractivity contribution in [1.29, 1.82) is 0 Å². The molecule has 0 saturated heterocycles. The largest absolute Gasteiger partial charge is 0.389 e. The first-order valence-corrected chi connectivity index (χ1v) is 9.35. The first kappa shape index (κ1) is 17.7. The molecule has 5 N–H and O–H groups in total. The lowest BCUT2D eigenvalue weighted by atomic mass is 10.0. The van der Waals surface area contributed by atoms with Crippen LogP contribution < -0.4 is 0 Å². The highest BCUT2D eigenvalue weighted by molar-refractivity contribution is 9.09. The average Bonchev–Trinajstić information content (AvgIpc) is 2.09. The summed E-state index contributed by atoms with van der Waals surface area (Å²) in [5.74, 6) is 0. The van der Waals surface area contributed by atoms with Crippen molar-refractivity contribution < 1.29 is 33.8 Å². The molecule has 0 amide bonds. The van der Waals surface area contributed by atoms with E-state index in [-0.39, 0.29) is 18.2 Å². The van der Waals surface area contributed by atoms with Gasteiger partial charge in [0.05, 0.1) is 17.4 Å². The molecule has 0 rings (SSSR count). The summed E-state index contributed by atoms with van der Waals surface area (Å²) in [5.41, 5.74) is -2.60. The highest BCUT2D eigenvalue weighted by Gasteiger charge is 2.36. The minimum atomic E-state index is -4.59. The molecule has 104 valence electrons. The smallest absolute Gasteiger partial charge is 0.329 e. The highest BCUT2D eigenvalue weighted by Crippen LogP contribution is 2.50. The van der Waals surface area contributed by atoms with E-state index < -0.39 is 32.6 Å². The van der Waals surface area contributed by atoms with Crippen LogP contribution in [0.1, 0.15) is 19.8 Å². The van der Waals surface area contributed by atoms with Crippen LogP contribution in [0.25, 0.3) is 0 Å². The molecule has 0 spiro atoms. The maximum atomic E-state index is 11.1. The Morgan fingerprint density at radius 1 is 1.24 bits per heavy atom. The van der Waals surface area contributed by atoms with Crippen LogP contribution in [0, 0.1) is 0 Å². The van der Waals surface area contributed by atoms with Crippen LogP contribution in [-0.4, -0.2) is 47.4 Å². The van der Waals surface area contributed by atoms with E-state index in [1.165, 1.54) is 6.92 Å². The van der Waals surface area contributed by atoms with Gasteiger partial charge in [0.1, 0.15) is 0 Å². The standard InChI is InChI=1S/C7H17BrO7P2/c1-7(9,5-8)3-2-6(17(13,14)15)4-16(10,11)12/h6,9H,2-5H2,1H3,(H2,10,11,12)(H2,13,14,15). The summed E-state index contributed by atoms with van der Waals surface area (Å²) in [6.45, 7) is 1.47. The number of rotatable bonds is 7. The predicted octanol–water partition coefficient (Wildman–Crippen LogP) is 0.636. The van der Waals surface area contributed by atoms with Crippen molar-refractivity contribution in [3.63, 3.8) is 0 Å². The van der Waals surface area contributed by atoms with Crippen molar-refractivity contribution in [3.05, 3.63) is 0 Å². The Morgan fingerprint density at radius 2 is 1.71 bits per heavy atom. The minimum absolute atomic E-state index is 0.0357. The molecule has 0 aliphatic rings. The van der Waals surface area contributed by atoms with E-state index in [1.54, 1.807) is 0 Å². The SMILES string of the molecule is CC(O)(CBr)CCC(CP(=O)(O)O)P(=O)(O)O. The zero-order valence-electron chi connectivity index (χ0n) is 9.23. The molecule has 7 nitrogen and oxygen atoms in total. The van der Waals surface area contributed by atoms with Crippen molar-refractivity contribution in [2.45, 2.75) is 31.0 Å². The molecule has 0 radical (unpaired) electrons. The van der Waals surface area contributed by atoms with Crippen LogP contribution in [-0.2, 0) is 9.13 Å². The lowest BCUT2D eigenvalue weighted by Gasteiger charge is -2.24. The van der Waals surface area contributed by atoms with Gasteiger partial charge in [-0.2, -0.15) is 0 Å². The van der Waals surface area contributed by atoms with E-state index in [0.717, 1.165) is 0 Å². The lowest BCUT2D eigenvalue weighted by Crippen LogP contribution is -2.28. The van der Waals surface area contributed by atoms with Crippen LogP contribution in [0.2, 0.25) is 0 Å². The molecular weight excluding hydrogens is 338 g/mol. The Hall–Kier alpha value is 0.740. The van der Waals surface area contributed by atoms with Gasteiger partial charge < -0.3 is 24.7 Å². The van der Waals surface area contributed by atoms with Gasteiger partial charge >= 0.3 is 15.2 Å². The fraction of sp³-hybridized carbons (Fsp3) is 1.00. The fourth-order valence-electron chi connectivity index (χ4n) is 1.18. The van der Waals surface area contributed by atoms with E-state index in [2.05, 4.69) is 15.9 Å². The van der Waals surface area contributed by atoms with Crippen molar-refractivity contribution in [2.75, 3.05) is 11.5 Å². The summed E-state index contributed by atoms with van der Waals surface area (Å²) in [7, 11) is -9.08. The maximum Gasteiger partial charge on any atom is 0.329 e. The minimum Gasteiger partial charge on any atom is -0.389 e. The van der Waals surface area contributed by atoms with Crippen molar-refractivity contribution in [2.24, 2.45) is 0 Å². The lowest BCUT2D eigenvalue weighted by molar-refractivity contribution is 0.0745. The Kier molecular flexibility index (Phi) is 6.53. The summed E-state index contributed by atoms with van der Waals surface area (Å²) in [5, 5.41) is 9.85. The molecule has 0 aromatic heterocycles. The molecule has 2 unspecified atom stereocenters. The average molecular weight is 355 g/mol. The number of hydrogen-bond donors (Lipinski definition) is 5. The predicted molar refractivity (Wildman–Crippen MR) is 66.4 cm³/mol. The second-order valence-corrected chi connectivity index (χ2v) is 8.42. The van der Waals surface area contributed by atoms with Crippen LogP contribution in [0.5, 0.6) is 0 Å². The van der Waals surface area contributed by atoms with Gasteiger partial charge in [-0.3, -0.25) is 9.13 Å². The normalized spacial score (nSPS) is 18.8. The summed E-state index contributed by atoms with van der Waals surface area (Å²) < 4.78 is 21.8. The van der Waals surface area contributed by atoms with Crippen LogP contribution in [0.15, 0.2) is 0 Å².